The number of carboxylic acids is 1. The number of halogens is 1. The zero-order valence-corrected chi connectivity index (χ0v) is 10.4. The second-order valence-corrected chi connectivity index (χ2v) is 4.16. The second-order valence-electron chi connectivity index (χ2n) is 3.72. The third-order valence-electron chi connectivity index (χ3n) is 2.43. The van der Waals surface area contributed by atoms with Gasteiger partial charge in [-0.1, -0.05) is 18.5 Å². The van der Waals surface area contributed by atoms with Gasteiger partial charge in [0.25, 0.3) is 0 Å². The summed E-state index contributed by atoms with van der Waals surface area (Å²) in [5.41, 5.74) is 0.493. The molecule has 0 bridgehead atoms. The predicted octanol–water partition coefficient (Wildman–Crippen LogP) is 1.97. The fourth-order valence-electron chi connectivity index (χ4n) is 1.63. The number of aromatic carboxylic acids is 1. The van der Waals surface area contributed by atoms with Crippen molar-refractivity contribution < 1.29 is 9.90 Å². The zero-order valence-electron chi connectivity index (χ0n) is 9.67. The van der Waals surface area contributed by atoms with Crippen molar-refractivity contribution in [1.29, 1.82) is 0 Å². The molecule has 18 heavy (non-hydrogen) atoms. The van der Waals surface area contributed by atoms with Gasteiger partial charge in [-0.15, -0.1) is 5.10 Å². The summed E-state index contributed by atoms with van der Waals surface area (Å²) in [7, 11) is 0. The van der Waals surface area contributed by atoms with Crippen LogP contribution in [-0.2, 0) is 6.42 Å². The summed E-state index contributed by atoms with van der Waals surface area (Å²) >= 11 is 5.89. The summed E-state index contributed by atoms with van der Waals surface area (Å²) in [5.74, 6) is -0.429. The monoisotopic (exact) mass is 266 g/mol. The normalized spacial score (nSPS) is 10.6. The van der Waals surface area contributed by atoms with Crippen molar-refractivity contribution in [2.45, 2.75) is 19.8 Å². The summed E-state index contributed by atoms with van der Waals surface area (Å²) in [4.78, 5) is 11.2. The number of rotatable bonds is 4. The van der Waals surface area contributed by atoms with Crippen LogP contribution >= 0.6 is 11.6 Å². The lowest BCUT2D eigenvalue weighted by atomic mass is 10.1. The van der Waals surface area contributed by atoms with E-state index in [9.17, 15) is 4.79 Å². The van der Waals surface area contributed by atoms with E-state index in [1.807, 2.05) is 6.92 Å². The Balaban J connectivity index is 2.58. The van der Waals surface area contributed by atoms with Crippen LogP contribution < -0.4 is 0 Å². The van der Waals surface area contributed by atoms with Crippen molar-refractivity contribution in [2.75, 3.05) is 0 Å². The van der Waals surface area contributed by atoms with Crippen molar-refractivity contribution in [3.63, 3.8) is 0 Å². The Hall–Kier alpha value is -1.95. The maximum atomic E-state index is 11.2. The maximum absolute atomic E-state index is 11.2. The van der Waals surface area contributed by atoms with Gasteiger partial charge in [-0.05, 0) is 35.0 Å². The summed E-state index contributed by atoms with van der Waals surface area (Å²) in [5, 5.41) is 20.9. The van der Waals surface area contributed by atoms with Crippen LogP contribution in [0.5, 0.6) is 0 Å². The van der Waals surface area contributed by atoms with Gasteiger partial charge in [-0.2, -0.15) is 4.68 Å². The minimum atomic E-state index is -1.04. The van der Waals surface area contributed by atoms with Crippen molar-refractivity contribution in [3.8, 4) is 5.69 Å². The minimum Gasteiger partial charge on any atom is -0.478 e. The molecule has 6 nitrogen and oxygen atoms in total. The van der Waals surface area contributed by atoms with Crippen LogP contribution in [0.1, 0.15) is 29.5 Å². The first-order chi connectivity index (χ1) is 8.63. The van der Waals surface area contributed by atoms with Crippen molar-refractivity contribution in [3.05, 3.63) is 34.6 Å². The van der Waals surface area contributed by atoms with Gasteiger partial charge in [0.05, 0.1) is 11.3 Å². The highest BCUT2D eigenvalue weighted by atomic mass is 35.5. The molecular weight excluding hydrogens is 256 g/mol. The molecule has 0 saturated carbocycles. The van der Waals surface area contributed by atoms with E-state index >= 15 is 0 Å². The summed E-state index contributed by atoms with van der Waals surface area (Å²) in [6, 6.07) is 4.51. The Labute approximate surface area is 108 Å². The molecule has 7 heteroatoms. The predicted molar refractivity (Wildman–Crippen MR) is 65.1 cm³/mol. The highest BCUT2D eigenvalue weighted by molar-refractivity contribution is 6.30. The van der Waals surface area contributed by atoms with Gasteiger partial charge in [0, 0.05) is 11.4 Å². The smallest absolute Gasteiger partial charge is 0.337 e. The van der Waals surface area contributed by atoms with Crippen LogP contribution in [0.4, 0.5) is 0 Å². The molecule has 0 saturated heterocycles. The average molecular weight is 267 g/mol. The van der Waals surface area contributed by atoms with E-state index < -0.39 is 5.97 Å². The van der Waals surface area contributed by atoms with Crippen LogP contribution in [0.2, 0.25) is 5.02 Å². The molecule has 0 fully saturated rings. The zero-order chi connectivity index (χ0) is 13.1. The summed E-state index contributed by atoms with van der Waals surface area (Å²) in [6.07, 6.45) is 1.53. The van der Waals surface area contributed by atoms with E-state index in [0.717, 1.165) is 6.42 Å². The Morgan fingerprint density at radius 3 is 2.94 bits per heavy atom. The largest absolute Gasteiger partial charge is 0.478 e. The van der Waals surface area contributed by atoms with Crippen LogP contribution in [0.15, 0.2) is 18.2 Å². The number of aryl methyl sites for hydroxylation is 1. The van der Waals surface area contributed by atoms with E-state index in [0.29, 0.717) is 23.0 Å². The molecule has 1 aromatic carbocycles. The van der Waals surface area contributed by atoms with Crippen molar-refractivity contribution in [1.82, 2.24) is 20.2 Å². The topological polar surface area (TPSA) is 80.9 Å². The molecule has 1 N–H and O–H groups in total. The highest BCUT2D eigenvalue weighted by Gasteiger charge is 2.16. The Kier molecular flexibility index (Phi) is 3.57. The van der Waals surface area contributed by atoms with Crippen LogP contribution in [0, 0.1) is 0 Å². The van der Waals surface area contributed by atoms with E-state index in [2.05, 4.69) is 15.5 Å². The SMILES string of the molecule is CCCc1nnnn1-c1cc(Cl)ccc1C(=O)O. The first-order valence-corrected chi connectivity index (χ1v) is 5.81. The molecule has 1 heterocycles. The molecular formula is C11H11ClN4O2. The Bertz CT molecular complexity index is 582. The standard InChI is InChI=1S/C11H11ClN4O2/c1-2-3-10-13-14-15-16(10)9-6-7(12)4-5-8(9)11(17)18/h4-6H,2-3H2,1H3,(H,17,18). The molecule has 0 aliphatic heterocycles. The van der Waals surface area contributed by atoms with Gasteiger partial charge in [0.2, 0.25) is 0 Å². The maximum Gasteiger partial charge on any atom is 0.337 e. The Morgan fingerprint density at radius 1 is 1.50 bits per heavy atom. The molecule has 0 amide bonds. The van der Waals surface area contributed by atoms with Gasteiger partial charge in [0.1, 0.15) is 0 Å². The molecule has 0 aliphatic rings. The fourth-order valence-corrected chi connectivity index (χ4v) is 1.80. The lowest BCUT2D eigenvalue weighted by Crippen LogP contribution is -2.09. The highest BCUT2D eigenvalue weighted by Crippen LogP contribution is 2.20. The number of aromatic nitrogens is 4. The van der Waals surface area contributed by atoms with Crippen molar-refractivity contribution >= 4 is 17.6 Å². The fraction of sp³-hybridized carbons (Fsp3) is 0.273. The quantitative estimate of drug-likeness (QED) is 0.915. The molecule has 2 rings (SSSR count). The number of hydrogen-bond donors (Lipinski definition) is 1. The number of hydrogen-bond acceptors (Lipinski definition) is 4. The van der Waals surface area contributed by atoms with Gasteiger partial charge in [-0.3, -0.25) is 0 Å². The third-order valence-corrected chi connectivity index (χ3v) is 2.66. The van der Waals surface area contributed by atoms with Crippen molar-refractivity contribution in [2.24, 2.45) is 0 Å². The third kappa shape index (κ3) is 2.33. The summed E-state index contributed by atoms with van der Waals surface area (Å²) < 4.78 is 1.42. The summed E-state index contributed by atoms with van der Waals surface area (Å²) in [6.45, 7) is 2.00. The van der Waals surface area contributed by atoms with E-state index in [4.69, 9.17) is 16.7 Å². The molecule has 0 radical (unpaired) electrons. The number of tetrazole rings is 1. The van der Waals surface area contributed by atoms with Crippen LogP contribution in [0.25, 0.3) is 5.69 Å². The molecule has 2 aromatic rings. The molecule has 94 valence electrons. The number of benzene rings is 1. The van der Waals surface area contributed by atoms with Crippen LogP contribution in [0.3, 0.4) is 0 Å². The number of carbonyl (C=O) groups is 1. The first-order valence-electron chi connectivity index (χ1n) is 5.44. The average Bonchev–Trinajstić information content (AvgIpc) is 2.77. The van der Waals surface area contributed by atoms with Gasteiger partial charge in [0.15, 0.2) is 5.82 Å². The van der Waals surface area contributed by atoms with Gasteiger partial charge < -0.3 is 5.11 Å². The second kappa shape index (κ2) is 5.14. The molecule has 0 spiro atoms. The number of nitrogens with zero attached hydrogens (tertiary/aromatic N) is 4. The van der Waals surface area contributed by atoms with E-state index in [1.165, 1.54) is 16.8 Å². The van der Waals surface area contributed by atoms with Gasteiger partial charge in [-0.25, -0.2) is 4.79 Å². The Morgan fingerprint density at radius 2 is 2.28 bits per heavy atom. The lowest BCUT2D eigenvalue weighted by Gasteiger charge is -2.07. The first kappa shape index (κ1) is 12.5. The number of carboxylic acid groups (broad SMARTS) is 1. The van der Waals surface area contributed by atoms with E-state index in [1.54, 1.807) is 6.07 Å². The molecule has 0 unspecified atom stereocenters. The lowest BCUT2D eigenvalue weighted by molar-refractivity contribution is 0.0696. The van der Waals surface area contributed by atoms with E-state index in [-0.39, 0.29) is 5.56 Å². The molecule has 0 atom stereocenters. The van der Waals surface area contributed by atoms with Gasteiger partial charge >= 0.3 is 5.97 Å². The molecule has 0 aliphatic carbocycles. The van der Waals surface area contributed by atoms with Crippen LogP contribution in [-0.4, -0.2) is 31.3 Å². The molecule has 1 aromatic heterocycles. The minimum absolute atomic E-state index is 0.115.